The van der Waals surface area contributed by atoms with Gasteiger partial charge in [-0.2, -0.15) is 0 Å². The first-order valence-corrected chi connectivity index (χ1v) is 2.62. The van der Waals surface area contributed by atoms with Crippen LogP contribution in [0.15, 0.2) is 0 Å². The SMILES string of the molecule is NCCNCC[NH3+].[Ag+].[Ag+].[NH2-]. The number of hydrogen-bond acceptors (Lipinski definition) is 2. The number of hydrogen-bond donors (Lipinski definition) is 3. The summed E-state index contributed by atoms with van der Waals surface area (Å²) in [4.78, 5) is 0. The molecule has 0 spiro atoms. The number of rotatable bonds is 4. The fraction of sp³-hybridized carbons (Fsp3) is 1.00. The van der Waals surface area contributed by atoms with Crippen molar-refractivity contribution in [1.29, 1.82) is 0 Å². The van der Waals surface area contributed by atoms with Gasteiger partial charge in [0.2, 0.25) is 0 Å². The van der Waals surface area contributed by atoms with Crippen LogP contribution in [-0.2, 0) is 44.8 Å². The second kappa shape index (κ2) is 22.4. The summed E-state index contributed by atoms with van der Waals surface area (Å²) in [6, 6.07) is 0. The van der Waals surface area contributed by atoms with Crippen molar-refractivity contribution in [3.63, 3.8) is 0 Å². The van der Waals surface area contributed by atoms with E-state index in [2.05, 4.69) is 11.1 Å². The Morgan fingerprint density at radius 3 is 2.00 bits per heavy atom. The molecule has 0 rings (SSSR count). The van der Waals surface area contributed by atoms with Gasteiger partial charge in [0.05, 0.1) is 6.54 Å². The van der Waals surface area contributed by atoms with Crippen molar-refractivity contribution in [1.82, 2.24) is 5.32 Å². The van der Waals surface area contributed by atoms with Crippen molar-refractivity contribution < 1.29 is 50.5 Å². The maximum Gasteiger partial charge on any atom is 1.00 e. The Hall–Kier alpha value is 1.32. The Balaban J connectivity index is -0.0000000600. The molecule has 0 saturated heterocycles. The van der Waals surface area contributed by atoms with Crippen LogP contribution >= 0.6 is 0 Å². The van der Waals surface area contributed by atoms with E-state index in [0.717, 1.165) is 26.2 Å². The zero-order valence-electron chi connectivity index (χ0n) is 5.79. The standard InChI is InChI=1S/C4H13N3.2Ag.H2N/c5-1-3-7-4-2-6;;;/h7H,1-6H2;;;1H2/q;2*+1;-1/p+1. The molecule has 0 unspecified atom stereocenters. The molecular formula is C4H16Ag2N4+2. The second-order valence-corrected chi connectivity index (χ2v) is 1.39. The summed E-state index contributed by atoms with van der Waals surface area (Å²) < 4.78 is 0. The van der Waals surface area contributed by atoms with E-state index in [9.17, 15) is 0 Å². The van der Waals surface area contributed by atoms with Gasteiger partial charge in [-0.1, -0.05) is 0 Å². The fourth-order valence-corrected chi connectivity index (χ4v) is 0.352. The third-order valence-corrected chi connectivity index (χ3v) is 0.675. The van der Waals surface area contributed by atoms with Crippen LogP contribution in [-0.4, -0.2) is 26.2 Å². The molecule has 0 aromatic carbocycles. The van der Waals surface area contributed by atoms with Gasteiger partial charge in [0.1, 0.15) is 0 Å². The van der Waals surface area contributed by atoms with Crippen molar-refractivity contribution in [3.8, 4) is 0 Å². The Morgan fingerprint density at radius 2 is 1.70 bits per heavy atom. The average Bonchev–Trinajstić information content (AvgIpc) is 1.69. The van der Waals surface area contributed by atoms with E-state index >= 15 is 0 Å². The molecule has 72 valence electrons. The molecule has 0 aromatic heterocycles. The summed E-state index contributed by atoms with van der Waals surface area (Å²) >= 11 is 0. The molecule has 0 saturated carbocycles. The first kappa shape index (κ1) is 22.5. The third kappa shape index (κ3) is 22.8. The van der Waals surface area contributed by atoms with Crippen LogP contribution in [0.2, 0.25) is 0 Å². The van der Waals surface area contributed by atoms with Crippen molar-refractivity contribution in [3.05, 3.63) is 6.15 Å². The van der Waals surface area contributed by atoms with E-state index in [0.29, 0.717) is 0 Å². The summed E-state index contributed by atoms with van der Waals surface area (Å²) in [6.45, 7) is 3.56. The normalized spacial score (nSPS) is 6.60. The smallest absolute Gasteiger partial charge is 0.693 e. The first-order valence-electron chi connectivity index (χ1n) is 2.62. The van der Waals surface area contributed by atoms with Crippen LogP contribution in [0.4, 0.5) is 0 Å². The summed E-state index contributed by atoms with van der Waals surface area (Å²) in [7, 11) is 0. The van der Waals surface area contributed by atoms with Crippen LogP contribution in [0.25, 0.3) is 6.15 Å². The molecule has 0 aliphatic rings. The largest absolute Gasteiger partial charge is 1.00 e. The van der Waals surface area contributed by atoms with Crippen molar-refractivity contribution >= 4 is 0 Å². The van der Waals surface area contributed by atoms with Gasteiger partial charge < -0.3 is 22.9 Å². The van der Waals surface area contributed by atoms with Gasteiger partial charge in [0.25, 0.3) is 0 Å². The van der Waals surface area contributed by atoms with Crippen molar-refractivity contribution in [2.75, 3.05) is 26.2 Å². The molecule has 0 amide bonds. The zero-order valence-corrected chi connectivity index (χ0v) is 8.76. The molecule has 8 N–H and O–H groups in total. The summed E-state index contributed by atoms with van der Waals surface area (Å²) in [5.74, 6) is 0. The topological polar surface area (TPSA) is 99.2 Å². The minimum absolute atomic E-state index is 0. The molecule has 0 aromatic rings. The van der Waals surface area contributed by atoms with E-state index in [1.807, 2.05) is 0 Å². The van der Waals surface area contributed by atoms with Crippen LogP contribution < -0.4 is 16.8 Å². The minimum Gasteiger partial charge on any atom is -0.693 e. The maximum absolute atomic E-state index is 5.19. The molecule has 10 heavy (non-hydrogen) atoms. The van der Waals surface area contributed by atoms with Gasteiger partial charge in [-0.3, -0.25) is 0 Å². The van der Waals surface area contributed by atoms with Crippen molar-refractivity contribution in [2.24, 2.45) is 5.73 Å². The van der Waals surface area contributed by atoms with E-state index in [-0.39, 0.29) is 50.9 Å². The molecular weight excluding hydrogens is 320 g/mol. The van der Waals surface area contributed by atoms with Gasteiger partial charge >= 0.3 is 44.8 Å². The quantitative estimate of drug-likeness (QED) is 0.430. The first-order chi connectivity index (χ1) is 3.41. The van der Waals surface area contributed by atoms with Crippen LogP contribution in [0.5, 0.6) is 0 Å². The van der Waals surface area contributed by atoms with Crippen LogP contribution in [0.3, 0.4) is 0 Å². The van der Waals surface area contributed by atoms with Gasteiger partial charge in [-0.05, 0) is 0 Å². The Kier molecular flexibility index (Phi) is 50.5. The van der Waals surface area contributed by atoms with E-state index in [1.54, 1.807) is 0 Å². The predicted molar refractivity (Wildman–Crippen MR) is 35.0 cm³/mol. The van der Waals surface area contributed by atoms with Crippen LogP contribution in [0.1, 0.15) is 0 Å². The average molecular weight is 336 g/mol. The maximum atomic E-state index is 5.19. The van der Waals surface area contributed by atoms with Gasteiger partial charge in [0.15, 0.2) is 0 Å². The van der Waals surface area contributed by atoms with E-state index in [4.69, 9.17) is 5.73 Å². The van der Waals surface area contributed by atoms with Crippen LogP contribution in [0, 0.1) is 0 Å². The van der Waals surface area contributed by atoms with E-state index < -0.39 is 0 Å². The molecule has 0 radical (unpaired) electrons. The molecule has 4 nitrogen and oxygen atoms in total. The van der Waals surface area contributed by atoms with Crippen molar-refractivity contribution in [2.45, 2.75) is 0 Å². The van der Waals surface area contributed by atoms with Gasteiger partial charge in [0, 0.05) is 19.6 Å². The molecule has 0 fully saturated rings. The third-order valence-electron chi connectivity index (χ3n) is 0.675. The number of nitrogens with two attached hydrogens (primary N) is 2. The summed E-state index contributed by atoms with van der Waals surface area (Å²) in [5, 5.41) is 3.10. The fourth-order valence-electron chi connectivity index (χ4n) is 0.352. The number of quaternary nitrogens is 1. The Labute approximate surface area is 93.5 Å². The molecule has 0 aliphatic heterocycles. The predicted octanol–water partition coefficient (Wildman–Crippen LogP) is -1.51. The Bertz CT molecular complexity index is 34.4. The molecule has 0 atom stereocenters. The summed E-state index contributed by atoms with van der Waals surface area (Å²) in [5.41, 5.74) is 8.84. The second-order valence-electron chi connectivity index (χ2n) is 1.39. The monoisotopic (exact) mass is 334 g/mol. The van der Waals surface area contributed by atoms with Gasteiger partial charge in [-0.25, -0.2) is 0 Å². The molecule has 0 aliphatic carbocycles. The molecule has 0 bridgehead atoms. The minimum atomic E-state index is 0. The van der Waals surface area contributed by atoms with Gasteiger partial charge in [-0.15, -0.1) is 0 Å². The molecule has 6 heteroatoms. The zero-order chi connectivity index (χ0) is 5.54. The Morgan fingerprint density at radius 1 is 1.20 bits per heavy atom. The number of nitrogens with one attached hydrogen (secondary N) is 1. The van der Waals surface area contributed by atoms with E-state index in [1.165, 1.54) is 0 Å². The molecule has 0 heterocycles. The summed E-state index contributed by atoms with van der Waals surface area (Å²) in [6.07, 6.45) is 0.